The van der Waals surface area contributed by atoms with Gasteiger partial charge in [-0.3, -0.25) is 4.72 Å². The molecule has 4 nitrogen and oxygen atoms in total. The molecule has 0 fully saturated rings. The van der Waals surface area contributed by atoms with Gasteiger partial charge in [0.2, 0.25) is 10.0 Å². The van der Waals surface area contributed by atoms with Crippen LogP contribution in [-0.4, -0.2) is 14.2 Å². The smallest absolute Gasteiger partial charge is 0.232 e. The van der Waals surface area contributed by atoms with Crippen LogP contribution in [0.4, 0.5) is 10.1 Å². The molecule has 17 heavy (non-hydrogen) atoms. The Morgan fingerprint density at radius 2 is 2.18 bits per heavy atom. The fourth-order valence-electron chi connectivity index (χ4n) is 1.22. The van der Waals surface area contributed by atoms with Gasteiger partial charge in [0.05, 0.1) is 23.1 Å². The van der Waals surface area contributed by atoms with E-state index in [0.29, 0.717) is 6.42 Å². The molecule has 0 aliphatic rings. The van der Waals surface area contributed by atoms with Crippen molar-refractivity contribution in [3.05, 3.63) is 29.6 Å². The molecule has 1 aromatic rings. The van der Waals surface area contributed by atoms with E-state index < -0.39 is 15.8 Å². The summed E-state index contributed by atoms with van der Waals surface area (Å²) in [6.45, 7) is 1.87. The summed E-state index contributed by atoms with van der Waals surface area (Å²) >= 11 is 0. The van der Waals surface area contributed by atoms with Crippen molar-refractivity contribution in [3.63, 3.8) is 0 Å². The minimum Gasteiger partial charge on any atom is -0.281 e. The molecule has 0 atom stereocenters. The summed E-state index contributed by atoms with van der Waals surface area (Å²) in [5, 5.41) is 8.55. The van der Waals surface area contributed by atoms with Crippen molar-refractivity contribution in [1.82, 2.24) is 0 Å². The van der Waals surface area contributed by atoms with Crippen LogP contribution >= 0.6 is 0 Å². The van der Waals surface area contributed by atoms with Crippen molar-refractivity contribution in [2.75, 3.05) is 10.5 Å². The molecule has 0 aromatic heterocycles. The first-order valence-electron chi connectivity index (χ1n) is 5.18. The maximum atomic E-state index is 13.4. The third kappa shape index (κ3) is 4.04. The average molecular weight is 256 g/mol. The van der Waals surface area contributed by atoms with Gasteiger partial charge in [0.25, 0.3) is 0 Å². The quantitative estimate of drug-likeness (QED) is 0.878. The molecule has 1 rings (SSSR count). The zero-order chi connectivity index (χ0) is 12.9. The van der Waals surface area contributed by atoms with Crippen molar-refractivity contribution < 1.29 is 12.8 Å². The minimum atomic E-state index is -3.51. The van der Waals surface area contributed by atoms with Gasteiger partial charge in [-0.25, -0.2) is 12.8 Å². The van der Waals surface area contributed by atoms with E-state index >= 15 is 0 Å². The summed E-state index contributed by atoms with van der Waals surface area (Å²) in [6, 6.07) is 5.38. The van der Waals surface area contributed by atoms with Crippen LogP contribution in [-0.2, 0) is 10.0 Å². The number of hydrogen-bond acceptors (Lipinski definition) is 3. The van der Waals surface area contributed by atoms with Crippen molar-refractivity contribution in [2.24, 2.45) is 0 Å². The van der Waals surface area contributed by atoms with Crippen molar-refractivity contribution in [2.45, 2.75) is 19.8 Å². The summed E-state index contributed by atoms with van der Waals surface area (Å²) < 4.78 is 38.6. The second kappa shape index (κ2) is 5.64. The Balaban J connectivity index is 2.86. The van der Waals surface area contributed by atoms with Crippen LogP contribution in [0.15, 0.2) is 18.2 Å². The number of nitrogens with zero attached hydrogens (tertiary/aromatic N) is 1. The van der Waals surface area contributed by atoms with E-state index in [2.05, 4.69) is 4.72 Å². The summed E-state index contributed by atoms with van der Waals surface area (Å²) in [5.74, 6) is -0.785. The van der Waals surface area contributed by atoms with Crippen LogP contribution in [0, 0.1) is 17.1 Å². The van der Waals surface area contributed by atoms with Crippen LogP contribution in [0.2, 0.25) is 0 Å². The maximum Gasteiger partial charge on any atom is 0.232 e. The molecule has 0 saturated carbocycles. The number of benzene rings is 1. The standard InChI is InChI=1S/C11H13FN2O2S/c1-2-3-6-17(15,16)14-11-5-4-9(8-13)7-10(11)12/h4-5,7,14H,2-3,6H2,1H3. The van der Waals surface area contributed by atoms with Crippen molar-refractivity contribution >= 4 is 15.7 Å². The van der Waals surface area contributed by atoms with Gasteiger partial charge in [-0.2, -0.15) is 5.26 Å². The molecule has 0 bridgehead atoms. The highest BCUT2D eigenvalue weighted by atomic mass is 32.2. The van der Waals surface area contributed by atoms with E-state index in [1.165, 1.54) is 12.1 Å². The van der Waals surface area contributed by atoms with E-state index in [1.807, 2.05) is 6.92 Å². The predicted molar refractivity (Wildman–Crippen MR) is 63.4 cm³/mol. The third-order valence-corrected chi connectivity index (χ3v) is 3.49. The molecular weight excluding hydrogens is 243 g/mol. The number of nitrogens with one attached hydrogen (secondary N) is 1. The number of nitriles is 1. The Morgan fingerprint density at radius 3 is 2.71 bits per heavy atom. The molecule has 0 unspecified atom stereocenters. The van der Waals surface area contributed by atoms with Crippen molar-refractivity contribution in [3.8, 4) is 6.07 Å². The monoisotopic (exact) mass is 256 g/mol. The molecule has 1 N–H and O–H groups in total. The van der Waals surface area contributed by atoms with Gasteiger partial charge in [0.1, 0.15) is 5.82 Å². The van der Waals surface area contributed by atoms with Gasteiger partial charge >= 0.3 is 0 Å². The zero-order valence-corrected chi connectivity index (χ0v) is 10.2. The topological polar surface area (TPSA) is 70.0 Å². The molecular formula is C11H13FN2O2S. The van der Waals surface area contributed by atoms with Gasteiger partial charge in [0, 0.05) is 0 Å². The Morgan fingerprint density at radius 1 is 1.47 bits per heavy atom. The number of sulfonamides is 1. The second-order valence-corrected chi connectivity index (χ2v) is 5.42. The van der Waals surface area contributed by atoms with Crippen molar-refractivity contribution in [1.29, 1.82) is 5.26 Å². The largest absolute Gasteiger partial charge is 0.281 e. The summed E-state index contributed by atoms with van der Waals surface area (Å²) in [6.07, 6.45) is 1.27. The van der Waals surface area contributed by atoms with E-state index in [9.17, 15) is 12.8 Å². The van der Waals surface area contributed by atoms with E-state index in [-0.39, 0.29) is 17.0 Å². The van der Waals surface area contributed by atoms with Crippen LogP contribution in [0.25, 0.3) is 0 Å². The Labute approximate surface area is 100 Å². The lowest BCUT2D eigenvalue weighted by molar-refractivity contribution is 0.595. The normalized spacial score (nSPS) is 10.9. The lowest BCUT2D eigenvalue weighted by Gasteiger charge is -2.08. The first kappa shape index (κ1) is 13.5. The number of anilines is 1. The second-order valence-electron chi connectivity index (χ2n) is 3.58. The molecule has 0 saturated heterocycles. The Bertz CT molecular complexity index is 535. The maximum absolute atomic E-state index is 13.4. The van der Waals surface area contributed by atoms with Crippen LogP contribution < -0.4 is 4.72 Å². The molecule has 0 spiro atoms. The predicted octanol–water partition coefficient (Wildman–Crippen LogP) is 2.24. The summed E-state index contributed by atoms with van der Waals surface area (Å²) in [7, 11) is -3.51. The number of hydrogen-bond donors (Lipinski definition) is 1. The molecule has 92 valence electrons. The highest BCUT2D eigenvalue weighted by molar-refractivity contribution is 7.92. The van der Waals surface area contributed by atoms with E-state index in [4.69, 9.17) is 5.26 Å². The molecule has 1 aromatic carbocycles. The third-order valence-electron chi connectivity index (χ3n) is 2.13. The van der Waals surface area contributed by atoms with E-state index in [1.54, 1.807) is 6.07 Å². The molecule has 0 aliphatic carbocycles. The van der Waals surface area contributed by atoms with Crippen LogP contribution in [0.3, 0.4) is 0 Å². The van der Waals surface area contributed by atoms with Gasteiger partial charge in [0.15, 0.2) is 0 Å². The Hall–Kier alpha value is -1.61. The highest BCUT2D eigenvalue weighted by Gasteiger charge is 2.12. The number of rotatable bonds is 5. The highest BCUT2D eigenvalue weighted by Crippen LogP contribution is 2.17. The van der Waals surface area contributed by atoms with Gasteiger partial charge in [-0.15, -0.1) is 0 Å². The SMILES string of the molecule is CCCCS(=O)(=O)Nc1ccc(C#N)cc1F. The van der Waals surface area contributed by atoms with Crippen LogP contribution in [0.5, 0.6) is 0 Å². The molecule has 0 heterocycles. The molecule has 0 radical (unpaired) electrons. The number of halogens is 1. The average Bonchev–Trinajstić information content (AvgIpc) is 2.29. The first-order valence-corrected chi connectivity index (χ1v) is 6.84. The molecule has 0 amide bonds. The van der Waals surface area contributed by atoms with Gasteiger partial charge in [-0.05, 0) is 24.6 Å². The minimum absolute atomic E-state index is 0.0387. The summed E-state index contributed by atoms with van der Waals surface area (Å²) in [5.41, 5.74) is 0.0270. The fourth-order valence-corrected chi connectivity index (χ4v) is 2.49. The van der Waals surface area contributed by atoms with Crippen LogP contribution in [0.1, 0.15) is 25.3 Å². The Kier molecular flexibility index (Phi) is 4.46. The van der Waals surface area contributed by atoms with E-state index in [0.717, 1.165) is 12.5 Å². The lowest BCUT2D eigenvalue weighted by Crippen LogP contribution is -2.17. The molecule has 0 aliphatic heterocycles. The lowest BCUT2D eigenvalue weighted by atomic mass is 10.2. The molecule has 6 heteroatoms. The van der Waals surface area contributed by atoms with Gasteiger partial charge < -0.3 is 0 Å². The summed E-state index contributed by atoms with van der Waals surface area (Å²) in [4.78, 5) is 0. The fraction of sp³-hybridized carbons (Fsp3) is 0.364. The van der Waals surface area contributed by atoms with Gasteiger partial charge in [-0.1, -0.05) is 13.3 Å². The zero-order valence-electron chi connectivity index (χ0n) is 9.40. The number of unbranched alkanes of at least 4 members (excludes halogenated alkanes) is 1. The first-order chi connectivity index (χ1) is 7.98.